The molecule has 1 aliphatic rings. The van der Waals surface area contributed by atoms with Gasteiger partial charge in [0.05, 0.1) is 0 Å². The number of aromatic nitrogens is 2. The summed E-state index contributed by atoms with van der Waals surface area (Å²) in [5.74, 6) is 1.65. The van der Waals surface area contributed by atoms with E-state index in [1.54, 1.807) is 6.33 Å². The van der Waals surface area contributed by atoms with Gasteiger partial charge in [-0.1, -0.05) is 6.92 Å². The van der Waals surface area contributed by atoms with E-state index in [4.69, 9.17) is 5.73 Å². The molecule has 0 amide bonds. The van der Waals surface area contributed by atoms with Crippen LogP contribution in [-0.2, 0) is 0 Å². The molecule has 0 bridgehead atoms. The van der Waals surface area contributed by atoms with Crippen molar-refractivity contribution < 1.29 is 0 Å². The Morgan fingerprint density at radius 3 is 2.44 bits per heavy atom. The Balaban J connectivity index is 2.17. The third-order valence-electron chi connectivity index (χ3n) is 3.38. The third-order valence-corrected chi connectivity index (χ3v) is 3.38. The van der Waals surface area contributed by atoms with Crippen molar-refractivity contribution >= 4 is 17.3 Å². The van der Waals surface area contributed by atoms with Gasteiger partial charge < -0.3 is 20.4 Å². The second-order valence-electron chi connectivity index (χ2n) is 4.75. The van der Waals surface area contributed by atoms with E-state index in [2.05, 4.69) is 26.7 Å². The Morgan fingerprint density at radius 1 is 1.22 bits per heavy atom. The molecule has 6 nitrogen and oxygen atoms in total. The summed E-state index contributed by atoms with van der Waals surface area (Å²) < 4.78 is 0. The van der Waals surface area contributed by atoms with Gasteiger partial charge in [0.2, 0.25) is 0 Å². The summed E-state index contributed by atoms with van der Waals surface area (Å²) in [6.07, 6.45) is 1.59. The highest BCUT2D eigenvalue weighted by molar-refractivity contribution is 5.75. The van der Waals surface area contributed by atoms with Crippen LogP contribution in [0.15, 0.2) is 6.33 Å². The van der Waals surface area contributed by atoms with Crippen LogP contribution in [0.2, 0.25) is 0 Å². The maximum Gasteiger partial charge on any atom is 0.157 e. The van der Waals surface area contributed by atoms with Crippen molar-refractivity contribution in [3.05, 3.63) is 6.33 Å². The maximum absolute atomic E-state index is 6.16. The normalized spacial score (nSPS) is 16.9. The highest BCUT2D eigenvalue weighted by atomic mass is 15.3. The molecule has 0 atom stereocenters. The van der Waals surface area contributed by atoms with Crippen LogP contribution < -0.4 is 15.5 Å². The molecule has 0 aromatic carbocycles. The fraction of sp³-hybridized carbons (Fsp3) is 0.667. The molecule has 1 fully saturated rings. The SMILES string of the molecule is CCN1CCN(c2ncnc(N(C)C)c2N)CC1. The highest BCUT2D eigenvalue weighted by Crippen LogP contribution is 2.28. The molecule has 1 aliphatic heterocycles. The molecule has 0 aliphatic carbocycles. The molecular weight excluding hydrogens is 228 g/mol. The predicted octanol–water partition coefficient (Wildman–Crippen LogP) is 0.267. The summed E-state index contributed by atoms with van der Waals surface area (Å²) in [5.41, 5.74) is 6.83. The molecule has 1 aromatic rings. The number of anilines is 3. The quantitative estimate of drug-likeness (QED) is 0.830. The van der Waals surface area contributed by atoms with Gasteiger partial charge in [0.15, 0.2) is 11.6 Å². The van der Waals surface area contributed by atoms with Gasteiger partial charge in [0.25, 0.3) is 0 Å². The van der Waals surface area contributed by atoms with Crippen molar-refractivity contribution in [2.24, 2.45) is 0 Å². The summed E-state index contributed by atoms with van der Waals surface area (Å²) in [6.45, 7) is 7.38. The Labute approximate surface area is 108 Å². The van der Waals surface area contributed by atoms with Crippen LogP contribution in [0.4, 0.5) is 17.3 Å². The fourth-order valence-corrected chi connectivity index (χ4v) is 2.26. The Kier molecular flexibility index (Phi) is 3.86. The lowest BCUT2D eigenvalue weighted by Gasteiger charge is -2.35. The van der Waals surface area contributed by atoms with Gasteiger partial charge in [-0.05, 0) is 6.54 Å². The maximum atomic E-state index is 6.16. The van der Waals surface area contributed by atoms with Gasteiger partial charge in [-0.3, -0.25) is 0 Å². The molecule has 100 valence electrons. The molecule has 0 unspecified atom stereocenters. The van der Waals surface area contributed by atoms with E-state index in [1.807, 2.05) is 19.0 Å². The summed E-state index contributed by atoms with van der Waals surface area (Å²) >= 11 is 0. The first kappa shape index (κ1) is 12.9. The summed E-state index contributed by atoms with van der Waals surface area (Å²) in [5, 5.41) is 0. The lowest BCUT2D eigenvalue weighted by atomic mass is 10.3. The summed E-state index contributed by atoms with van der Waals surface area (Å²) in [6, 6.07) is 0. The smallest absolute Gasteiger partial charge is 0.157 e. The number of nitrogen functional groups attached to an aromatic ring is 1. The van der Waals surface area contributed by atoms with E-state index in [0.29, 0.717) is 5.69 Å². The molecule has 18 heavy (non-hydrogen) atoms. The van der Waals surface area contributed by atoms with Crippen molar-refractivity contribution in [1.82, 2.24) is 14.9 Å². The lowest BCUT2D eigenvalue weighted by molar-refractivity contribution is 0.270. The lowest BCUT2D eigenvalue weighted by Crippen LogP contribution is -2.46. The summed E-state index contributed by atoms with van der Waals surface area (Å²) in [7, 11) is 3.88. The standard InChI is InChI=1S/C12H22N6/c1-4-17-5-7-18(8-6-17)12-10(13)11(16(2)3)14-9-15-12/h9H,4-8,13H2,1-3H3. The average Bonchev–Trinajstić information content (AvgIpc) is 2.39. The molecule has 0 spiro atoms. The number of likely N-dealkylation sites (N-methyl/N-ethyl adjacent to an activating group) is 1. The minimum Gasteiger partial charge on any atom is -0.393 e. The molecule has 6 heteroatoms. The zero-order valence-electron chi connectivity index (χ0n) is 11.4. The Bertz CT molecular complexity index is 398. The Hall–Kier alpha value is -1.56. The second-order valence-corrected chi connectivity index (χ2v) is 4.75. The molecule has 1 aromatic heterocycles. The highest BCUT2D eigenvalue weighted by Gasteiger charge is 2.20. The van der Waals surface area contributed by atoms with Crippen LogP contribution in [0.3, 0.4) is 0 Å². The van der Waals surface area contributed by atoms with Crippen LogP contribution in [0.25, 0.3) is 0 Å². The van der Waals surface area contributed by atoms with E-state index in [1.165, 1.54) is 0 Å². The van der Waals surface area contributed by atoms with Gasteiger partial charge in [0.1, 0.15) is 12.0 Å². The zero-order chi connectivity index (χ0) is 13.1. The van der Waals surface area contributed by atoms with Crippen molar-refractivity contribution in [1.29, 1.82) is 0 Å². The molecule has 0 saturated carbocycles. The largest absolute Gasteiger partial charge is 0.393 e. The molecule has 0 radical (unpaired) electrons. The van der Waals surface area contributed by atoms with E-state index >= 15 is 0 Å². The van der Waals surface area contributed by atoms with E-state index in [9.17, 15) is 0 Å². The van der Waals surface area contributed by atoms with Crippen molar-refractivity contribution in [2.45, 2.75) is 6.92 Å². The van der Waals surface area contributed by atoms with Crippen LogP contribution in [-0.4, -0.2) is 61.7 Å². The third kappa shape index (κ3) is 2.48. The van der Waals surface area contributed by atoms with Crippen LogP contribution >= 0.6 is 0 Å². The van der Waals surface area contributed by atoms with Gasteiger partial charge in [-0.15, -0.1) is 0 Å². The topological polar surface area (TPSA) is 61.5 Å². The molecule has 1 saturated heterocycles. The van der Waals surface area contributed by atoms with E-state index in [0.717, 1.165) is 44.4 Å². The van der Waals surface area contributed by atoms with Crippen molar-refractivity contribution in [3.8, 4) is 0 Å². The Morgan fingerprint density at radius 2 is 1.89 bits per heavy atom. The number of nitrogens with zero attached hydrogens (tertiary/aromatic N) is 5. The fourth-order valence-electron chi connectivity index (χ4n) is 2.26. The number of nitrogens with two attached hydrogens (primary N) is 1. The molecule has 2 N–H and O–H groups in total. The molecular formula is C12H22N6. The number of hydrogen-bond acceptors (Lipinski definition) is 6. The number of rotatable bonds is 3. The van der Waals surface area contributed by atoms with Gasteiger partial charge in [-0.2, -0.15) is 0 Å². The van der Waals surface area contributed by atoms with Gasteiger partial charge >= 0.3 is 0 Å². The van der Waals surface area contributed by atoms with E-state index in [-0.39, 0.29) is 0 Å². The summed E-state index contributed by atoms with van der Waals surface area (Å²) in [4.78, 5) is 15.2. The molecule has 2 heterocycles. The predicted molar refractivity (Wildman–Crippen MR) is 75.1 cm³/mol. The van der Waals surface area contributed by atoms with Crippen molar-refractivity contribution in [3.63, 3.8) is 0 Å². The van der Waals surface area contributed by atoms with Crippen molar-refractivity contribution in [2.75, 3.05) is 62.4 Å². The van der Waals surface area contributed by atoms with Crippen LogP contribution in [0, 0.1) is 0 Å². The zero-order valence-corrected chi connectivity index (χ0v) is 11.4. The molecule has 2 rings (SSSR count). The van der Waals surface area contributed by atoms with Crippen LogP contribution in [0.5, 0.6) is 0 Å². The minimum absolute atomic E-state index is 0.674. The second kappa shape index (κ2) is 5.39. The first-order valence-electron chi connectivity index (χ1n) is 6.38. The first-order chi connectivity index (χ1) is 8.63. The van der Waals surface area contributed by atoms with Gasteiger partial charge in [-0.25, -0.2) is 9.97 Å². The monoisotopic (exact) mass is 250 g/mol. The minimum atomic E-state index is 0.674. The van der Waals surface area contributed by atoms with E-state index < -0.39 is 0 Å². The average molecular weight is 250 g/mol. The number of piperazine rings is 1. The number of hydrogen-bond donors (Lipinski definition) is 1. The first-order valence-corrected chi connectivity index (χ1v) is 6.38. The van der Waals surface area contributed by atoms with Gasteiger partial charge in [0, 0.05) is 40.3 Å². The van der Waals surface area contributed by atoms with Crippen LogP contribution in [0.1, 0.15) is 6.92 Å².